The van der Waals surface area contributed by atoms with Gasteiger partial charge in [-0.2, -0.15) is 0 Å². The topological polar surface area (TPSA) is 40.4 Å². The van der Waals surface area contributed by atoms with Crippen LogP contribution in [-0.2, 0) is 0 Å². The Bertz CT molecular complexity index is 691. The summed E-state index contributed by atoms with van der Waals surface area (Å²) in [5.41, 5.74) is 1.68. The SMILES string of the molecule is CCN(C)C=Nc1cc(C)c(OC2=NN(C3(Cl)CC3)CS2)cc1Cl. The molecule has 0 spiro atoms. The molecule has 1 aromatic rings. The minimum atomic E-state index is -0.297. The van der Waals surface area contributed by atoms with Crippen molar-refractivity contribution >= 4 is 52.2 Å². The van der Waals surface area contributed by atoms with E-state index in [9.17, 15) is 0 Å². The second-order valence-corrected chi connectivity index (χ2v) is 7.95. The number of aliphatic imine (C=N–C) groups is 1. The van der Waals surface area contributed by atoms with Crippen molar-refractivity contribution < 1.29 is 4.74 Å². The fourth-order valence-corrected chi connectivity index (χ4v) is 3.39. The number of thioether (sulfide) groups is 1. The molecule has 0 aromatic heterocycles. The zero-order chi connectivity index (χ0) is 17.3. The van der Waals surface area contributed by atoms with Crippen LogP contribution in [0.15, 0.2) is 22.2 Å². The van der Waals surface area contributed by atoms with Gasteiger partial charge in [0.2, 0.25) is 0 Å². The van der Waals surface area contributed by atoms with Crippen LogP contribution in [0.3, 0.4) is 0 Å². The number of halogens is 2. The first-order valence-corrected chi connectivity index (χ1v) is 9.56. The minimum Gasteiger partial charge on any atom is -0.432 e. The Morgan fingerprint density at radius 2 is 2.25 bits per heavy atom. The van der Waals surface area contributed by atoms with E-state index in [2.05, 4.69) is 17.0 Å². The van der Waals surface area contributed by atoms with Gasteiger partial charge in [-0.15, -0.1) is 5.10 Å². The second-order valence-electron chi connectivity index (χ2n) is 5.95. The lowest BCUT2D eigenvalue weighted by Crippen LogP contribution is -2.24. The highest BCUT2D eigenvalue weighted by molar-refractivity contribution is 8.13. The molecule has 0 bridgehead atoms. The Balaban J connectivity index is 1.73. The summed E-state index contributed by atoms with van der Waals surface area (Å²) in [7, 11) is 1.96. The molecule has 24 heavy (non-hydrogen) atoms. The largest absolute Gasteiger partial charge is 0.432 e. The molecule has 130 valence electrons. The Hall–Kier alpha value is -1.11. The lowest BCUT2D eigenvalue weighted by molar-refractivity contribution is 0.297. The van der Waals surface area contributed by atoms with Gasteiger partial charge in [0.25, 0.3) is 5.23 Å². The van der Waals surface area contributed by atoms with Crippen molar-refractivity contribution in [3.8, 4) is 5.75 Å². The van der Waals surface area contributed by atoms with Crippen molar-refractivity contribution in [2.75, 3.05) is 19.5 Å². The van der Waals surface area contributed by atoms with Gasteiger partial charge in [-0.1, -0.05) is 23.2 Å². The van der Waals surface area contributed by atoms with E-state index in [1.807, 2.05) is 29.9 Å². The normalized spacial score (nSPS) is 18.9. The smallest absolute Gasteiger partial charge is 0.274 e. The van der Waals surface area contributed by atoms with E-state index in [1.54, 1.807) is 12.4 Å². The molecule has 5 nitrogen and oxygen atoms in total. The third-order valence-electron chi connectivity index (χ3n) is 3.97. The molecule has 0 N–H and O–H groups in total. The summed E-state index contributed by atoms with van der Waals surface area (Å²) in [6, 6.07) is 3.70. The third-order valence-corrected chi connectivity index (χ3v) is 5.63. The predicted molar refractivity (Wildman–Crippen MR) is 103 cm³/mol. The summed E-state index contributed by atoms with van der Waals surface area (Å²) in [5.74, 6) is 1.41. The van der Waals surface area contributed by atoms with Crippen molar-refractivity contribution in [2.45, 2.75) is 31.7 Å². The molecule has 0 radical (unpaired) electrons. The summed E-state index contributed by atoms with van der Waals surface area (Å²) < 4.78 is 5.91. The van der Waals surface area contributed by atoms with E-state index >= 15 is 0 Å². The Morgan fingerprint density at radius 3 is 2.92 bits per heavy atom. The molecule has 1 heterocycles. The lowest BCUT2D eigenvalue weighted by Gasteiger charge is -2.17. The van der Waals surface area contributed by atoms with E-state index in [4.69, 9.17) is 27.9 Å². The molecule has 3 rings (SSSR count). The summed E-state index contributed by atoms with van der Waals surface area (Å²) in [6.07, 6.45) is 3.71. The highest BCUT2D eigenvalue weighted by atomic mass is 35.5. The average molecular weight is 387 g/mol. The van der Waals surface area contributed by atoms with Crippen LogP contribution in [0.1, 0.15) is 25.3 Å². The van der Waals surface area contributed by atoms with Crippen LogP contribution in [0.2, 0.25) is 5.02 Å². The maximum atomic E-state index is 6.38. The van der Waals surface area contributed by atoms with Gasteiger partial charge in [0.1, 0.15) is 10.7 Å². The van der Waals surface area contributed by atoms with Gasteiger partial charge in [-0.05, 0) is 50.1 Å². The summed E-state index contributed by atoms with van der Waals surface area (Å²) >= 11 is 14.2. The van der Waals surface area contributed by atoms with Crippen LogP contribution in [0.25, 0.3) is 0 Å². The monoisotopic (exact) mass is 386 g/mol. The van der Waals surface area contributed by atoms with E-state index in [-0.39, 0.29) is 5.00 Å². The predicted octanol–water partition coefficient (Wildman–Crippen LogP) is 4.64. The first kappa shape index (κ1) is 17.7. The number of rotatable bonds is 5. The van der Waals surface area contributed by atoms with Crippen molar-refractivity contribution in [3.63, 3.8) is 0 Å². The Labute approximate surface area is 156 Å². The van der Waals surface area contributed by atoms with Gasteiger partial charge in [0, 0.05) is 19.7 Å². The molecular weight excluding hydrogens is 367 g/mol. The molecular formula is C16H20Cl2N4OS. The molecule has 1 fully saturated rings. The zero-order valence-electron chi connectivity index (χ0n) is 13.9. The summed E-state index contributed by atoms with van der Waals surface area (Å²) in [5, 5.41) is 7.50. The quantitative estimate of drug-likeness (QED) is 0.319. The highest BCUT2D eigenvalue weighted by Gasteiger charge is 2.48. The van der Waals surface area contributed by atoms with Crippen LogP contribution in [0, 0.1) is 6.92 Å². The minimum absolute atomic E-state index is 0.297. The average Bonchev–Trinajstić information content (AvgIpc) is 3.12. The van der Waals surface area contributed by atoms with Crippen molar-refractivity contribution in [1.82, 2.24) is 9.91 Å². The van der Waals surface area contributed by atoms with Crippen LogP contribution in [0.4, 0.5) is 5.69 Å². The van der Waals surface area contributed by atoms with Gasteiger partial charge in [0.15, 0.2) is 0 Å². The van der Waals surface area contributed by atoms with Gasteiger partial charge >= 0.3 is 0 Å². The fraction of sp³-hybridized carbons (Fsp3) is 0.500. The number of hydrogen-bond donors (Lipinski definition) is 0. The molecule has 1 aliphatic heterocycles. The first-order valence-electron chi connectivity index (χ1n) is 7.81. The van der Waals surface area contributed by atoms with Gasteiger partial charge < -0.3 is 9.64 Å². The lowest BCUT2D eigenvalue weighted by atomic mass is 10.2. The van der Waals surface area contributed by atoms with E-state index in [0.29, 0.717) is 16.0 Å². The second kappa shape index (κ2) is 7.02. The first-order chi connectivity index (χ1) is 11.4. The molecule has 2 aliphatic rings. The van der Waals surface area contributed by atoms with Gasteiger partial charge in [-0.25, -0.2) is 4.99 Å². The number of ether oxygens (including phenoxy) is 1. The maximum absolute atomic E-state index is 6.38. The molecule has 0 atom stereocenters. The van der Waals surface area contributed by atoms with E-state index < -0.39 is 0 Å². The van der Waals surface area contributed by atoms with Gasteiger partial charge in [0.05, 0.1) is 22.9 Å². The number of aryl methyl sites for hydroxylation is 1. The number of nitrogens with zero attached hydrogens (tertiary/aromatic N) is 4. The standard InChI is InChI=1S/C16H20Cl2N4OS/c1-4-21(3)9-19-13-7-11(2)14(8-12(13)17)23-15-20-22(10-24-15)16(18)5-6-16/h7-9H,4-6,10H2,1-3H3. The van der Waals surface area contributed by atoms with E-state index in [0.717, 1.165) is 36.5 Å². The van der Waals surface area contributed by atoms with Crippen LogP contribution < -0.4 is 4.74 Å². The fourth-order valence-electron chi connectivity index (χ4n) is 2.08. The van der Waals surface area contributed by atoms with E-state index in [1.165, 1.54) is 11.8 Å². The summed E-state index contributed by atoms with van der Waals surface area (Å²) in [6.45, 7) is 4.92. The molecule has 0 saturated heterocycles. The van der Waals surface area contributed by atoms with Crippen molar-refractivity contribution in [3.05, 3.63) is 22.7 Å². The Kier molecular flexibility index (Phi) is 5.18. The van der Waals surface area contributed by atoms with Crippen molar-refractivity contribution in [2.24, 2.45) is 10.1 Å². The number of hydrazone groups is 1. The molecule has 0 amide bonds. The molecule has 1 aromatic carbocycles. The zero-order valence-corrected chi connectivity index (χ0v) is 16.3. The van der Waals surface area contributed by atoms with Crippen LogP contribution in [0.5, 0.6) is 5.75 Å². The van der Waals surface area contributed by atoms with Gasteiger partial charge in [-0.3, -0.25) is 5.01 Å². The number of alkyl halides is 1. The molecule has 1 aliphatic carbocycles. The molecule has 0 unspecified atom stereocenters. The van der Waals surface area contributed by atoms with Crippen LogP contribution in [-0.4, -0.2) is 45.9 Å². The highest BCUT2D eigenvalue weighted by Crippen LogP contribution is 2.48. The third kappa shape index (κ3) is 3.92. The number of benzene rings is 1. The molecule has 8 heteroatoms. The number of hydrogen-bond acceptors (Lipinski definition) is 5. The summed E-state index contributed by atoms with van der Waals surface area (Å²) in [4.78, 5) is 6.10. The van der Waals surface area contributed by atoms with Crippen molar-refractivity contribution in [1.29, 1.82) is 0 Å². The Morgan fingerprint density at radius 1 is 1.50 bits per heavy atom. The van der Waals surface area contributed by atoms with Crippen LogP contribution >= 0.6 is 35.0 Å². The molecule has 1 saturated carbocycles. The maximum Gasteiger partial charge on any atom is 0.274 e.